The van der Waals surface area contributed by atoms with E-state index in [4.69, 9.17) is 0 Å². The van der Waals surface area contributed by atoms with E-state index in [0.29, 0.717) is 6.04 Å². The smallest absolute Gasteiger partial charge is 0.0718 e. The van der Waals surface area contributed by atoms with E-state index in [1.165, 1.54) is 12.8 Å². The molecular formula is C10H22N2O. The molecule has 0 amide bonds. The van der Waals surface area contributed by atoms with Gasteiger partial charge in [-0.3, -0.25) is 4.90 Å². The van der Waals surface area contributed by atoms with Crippen molar-refractivity contribution in [1.29, 1.82) is 0 Å². The van der Waals surface area contributed by atoms with Gasteiger partial charge in [-0.15, -0.1) is 0 Å². The fourth-order valence-corrected chi connectivity index (χ4v) is 1.95. The quantitative estimate of drug-likeness (QED) is 0.671. The van der Waals surface area contributed by atoms with Crippen LogP contribution in [-0.4, -0.2) is 48.3 Å². The third-order valence-corrected chi connectivity index (χ3v) is 2.53. The molecule has 13 heavy (non-hydrogen) atoms. The van der Waals surface area contributed by atoms with Gasteiger partial charge in [-0.05, 0) is 40.3 Å². The lowest BCUT2D eigenvalue weighted by Crippen LogP contribution is -2.48. The van der Waals surface area contributed by atoms with Gasteiger partial charge in [-0.25, -0.2) is 0 Å². The molecular weight excluding hydrogens is 164 g/mol. The molecule has 1 aliphatic rings. The number of hydrogen-bond acceptors (Lipinski definition) is 3. The van der Waals surface area contributed by atoms with E-state index in [-0.39, 0.29) is 0 Å². The van der Waals surface area contributed by atoms with E-state index in [2.05, 4.69) is 17.3 Å². The molecule has 1 atom stereocenters. The number of aliphatic hydroxyl groups is 1. The molecule has 1 fully saturated rings. The van der Waals surface area contributed by atoms with E-state index in [0.717, 1.165) is 19.6 Å². The van der Waals surface area contributed by atoms with E-state index in [1.807, 2.05) is 13.8 Å². The first-order chi connectivity index (χ1) is 5.99. The second-order valence-electron chi connectivity index (χ2n) is 4.73. The van der Waals surface area contributed by atoms with Crippen molar-refractivity contribution in [3.8, 4) is 0 Å². The molecule has 1 saturated heterocycles. The number of nitrogens with zero attached hydrogens (tertiary/aromatic N) is 1. The summed E-state index contributed by atoms with van der Waals surface area (Å²) in [6.45, 7) is 6.68. The molecule has 78 valence electrons. The number of hydrogen-bond donors (Lipinski definition) is 2. The first-order valence-electron chi connectivity index (χ1n) is 5.12. The second-order valence-corrected chi connectivity index (χ2v) is 4.73. The van der Waals surface area contributed by atoms with Crippen LogP contribution in [0.25, 0.3) is 0 Å². The van der Waals surface area contributed by atoms with Crippen LogP contribution in [-0.2, 0) is 0 Å². The highest BCUT2D eigenvalue weighted by atomic mass is 16.3. The molecule has 0 aromatic carbocycles. The van der Waals surface area contributed by atoms with Crippen molar-refractivity contribution in [3.05, 3.63) is 0 Å². The SMILES string of the molecule is CN(CC(C)(C)O)C1CCCNC1. The van der Waals surface area contributed by atoms with Crippen LogP contribution in [0, 0.1) is 0 Å². The first kappa shape index (κ1) is 11.0. The van der Waals surface area contributed by atoms with Crippen LogP contribution in [0.5, 0.6) is 0 Å². The average molecular weight is 186 g/mol. The molecule has 1 unspecified atom stereocenters. The lowest BCUT2D eigenvalue weighted by molar-refractivity contribution is 0.0275. The number of rotatable bonds is 3. The van der Waals surface area contributed by atoms with Gasteiger partial charge in [0, 0.05) is 19.1 Å². The summed E-state index contributed by atoms with van der Waals surface area (Å²) in [5.74, 6) is 0. The summed E-state index contributed by atoms with van der Waals surface area (Å²) >= 11 is 0. The summed E-state index contributed by atoms with van der Waals surface area (Å²) < 4.78 is 0. The molecule has 2 N–H and O–H groups in total. The van der Waals surface area contributed by atoms with Gasteiger partial charge in [0.1, 0.15) is 0 Å². The highest BCUT2D eigenvalue weighted by Crippen LogP contribution is 2.12. The van der Waals surface area contributed by atoms with Gasteiger partial charge in [0.25, 0.3) is 0 Å². The Labute approximate surface area is 81.1 Å². The highest BCUT2D eigenvalue weighted by Gasteiger charge is 2.22. The maximum atomic E-state index is 9.66. The number of likely N-dealkylation sites (N-methyl/N-ethyl adjacent to an activating group) is 1. The minimum absolute atomic E-state index is 0.577. The average Bonchev–Trinajstić information content (AvgIpc) is 2.03. The molecule has 0 spiro atoms. The molecule has 0 saturated carbocycles. The second kappa shape index (κ2) is 4.40. The van der Waals surface area contributed by atoms with Crippen LogP contribution >= 0.6 is 0 Å². The maximum absolute atomic E-state index is 9.66. The zero-order chi connectivity index (χ0) is 9.90. The number of nitrogens with one attached hydrogen (secondary N) is 1. The van der Waals surface area contributed by atoms with Gasteiger partial charge >= 0.3 is 0 Å². The van der Waals surface area contributed by atoms with Crippen LogP contribution in [0.3, 0.4) is 0 Å². The Hall–Kier alpha value is -0.120. The Morgan fingerprint density at radius 3 is 2.69 bits per heavy atom. The third kappa shape index (κ3) is 4.07. The van der Waals surface area contributed by atoms with Gasteiger partial charge in [0.05, 0.1) is 5.60 Å². The van der Waals surface area contributed by atoms with Crippen molar-refractivity contribution in [3.63, 3.8) is 0 Å². The van der Waals surface area contributed by atoms with Gasteiger partial charge in [0.15, 0.2) is 0 Å². The van der Waals surface area contributed by atoms with E-state index in [1.54, 1.807) is 0 Å². The van der Waals surface area contributed by atoms with E-state index >= 15 is 0 Å². The molecule has 0 aliphatic carbocycles. The molecule has 1 heterocycles. The standard InChI is InChI=1S/C10H22N2O/c1-10(2,13)8-12(3)9-5-4-6-11-7-9/h9,11,13H,4-8H2,1-3H3. The Bertz CT molecular complexity index is 147. The topological polar surface area (TPSA) is 35.5 Å². The Balaban J connectivity index is 2.33. The summed E-state index contributed by atoms with van der Waals surface area (Å²) in [6, 6.07) is 0.597. The summed E-state index contributed by atoms with van der Waals surface area (Å²) in [5, 5.41) is 13.0. The highest BCUT2D eigenvalue weighted by molar-refractivity contribution is 4.80. The summed E-state index contributed by atoms with van der Waals surface area (Å²) in [4.78, 5) is 2.26. The molecule has 0 bridgehead atoms. The minimum atomic E-state index is -0.577. The van der Waals surface area contributed by atoms with Crippen LogP contribution in [0.15, 0.2) is 0 Å². The van der Waals surface area contributed by atoms with Gasteiger partial charge in [-0.1, -0.05) is 0 Å². The lowest BCUT2D eigenvalue weighted by atomic mass is 10.0. The van der Waals surface area contributed by atoms with Crippen LogP contribution < -0.4 is 5.32 Å². The molecule has 1 rings (SSSR count). The molecule has 0 radical (unpaired) electrons. The van der Waals surface area contributed by atoms with Crippen molar-refractivity contribution in [2.45, 2.75) is 38.3 Å². The Morgan fingerprint density at radius 2 is 2.23 bits per heavy atom. The largest absolute Gasteiger partial charge is 0.389 e. The van der Waals surface area contributed by atoms with Crippen molar-refractivity contribution < 1.29 is 5.11 Å². The molecule has 1 aliphatic heterocycles. The lowest BCUT2D eigenvalue weighted by Gasteiger charge is -2.35. The monoisotopic (exact) mass is 186 g/mol. The van der Waals surface area contributed by atoms with Gasteiger partial charge in [0.2, 0.25) is 0 Å². The predicted octanol–water partition coefficient (Wildman–Crippen LogP) is 0.441. The van der Waals surface area contributed by atoms with Crippen LogP contribution in [0.1, 0.15) is 26.7 Å². The van der Waals surface area contributed by atoms with Crippen molar-refractivity contribution in [2.75, 3.05) is 26.7 Å². The molecule has 0 aromatic heterocycles. The van der Waals surface area contributed by atoms with Crippen molar-refractivity contribution in [2.24, 2.45) is 0 Å². The fraction of sp³-hybridized carbons (Fsp3) is 1.00. The molecule has 3 heteroatoms. The van der Waals surface area contributed by atoms with E-state index < -0.39 is 5.60 Å². The Morgan fingerprint density at radius 1 is 1.54 bits per heavy atom. The van der Waals surface area contributed by atoms with Gasteiger partial charge in [-0.2, -0.15) is 0 Å². The van der Waals surface area contributed by atoms with Gasteiger partial charge < -0.3 is 10.4 Å². The third-order valence-electron chi connectivity index (χ3n) is 2.53. The molecule has 3 nitrogen and oxygen atoms in total. The number of piperidine rings is 1. The zero-order valence-corrected chi connectivity index (χ0v) is 9.01. The van der Waals surface area contributed by atoms with Crippen molar-refractivity contribution in [1.82, 2.24) is 10.2 Å². The molecule has 0 aromatic rings. The minimum Gasteiger partial charge on any atom is -0.389 e. The Kier molecular flexibility index (Phi) is 3.71. The van der Waals surface area contributed by atoms with E-state index in [9.17, 15) is 5.11 Å². The fourth-order valence-electron chi connectivity index (χ4n) is 1.95. The first-order valence-corrected chi connectivity index (χ1v) is 5.12. The maximum Gasteiger partial charge on any atom is 0.0718 e. The van der Waals surface area contributed by atoms with Crippen LogP contribution in [0.4, 0.5) is 0 Å². The summed E-state index contributed by atoms with van der Waals surface area (Å²) in [6.07, 6.45) is 2.50. The normalized spacial score (nSPS) is 25.2. The van der Waals surface area contributed by atoms with Crippen molar-refractivity contribution >= 4 is 0 Å². The predicted molar refractivity (Wildman–Crippen MR) is 54.8 cm³/mol. The van der Waals surface area contributed by atoms with Crippen LogP contribution in [0.2, 0.25) is 0 Å². The summed E-state index contributed by atoms with van der Waals surface area (Å²) in [5.41, 5.74) is -0.577. The summed E-state index contributed by atoms with van der Waals surface area (Å²) in [7, 11) is 2.09. The zero-order valence-electron chi connectivity index (χ0n) is 9.01.